The molecule has 0 amide bonds. The maximum Gasteiger partial charge on any atom is 0.146 e. The average molecular weight is 279 g/mol. The van der Waals surface area contributed by atoms with Crippen LogP contribution in [0.2, 0.25) is 0 Å². The summed E-state index contributed by atoms with van der Waals surface area (Å²) in [5.74, 6) is 0.401. The summed E-state index contributed by atoms with van der Waals surface area (Å²) >= 11 is 0. The Kier molecular flexibility index (Phi) is 5.15. The number of likely N-dealkylation sites (N-methyl/N-ethyl adjacent to an activating group) is 1. The third-order valence-corrected chi connectivity index (χ3v) is 2.88. The van der Waals surface area contributed by atoms with Gasteiger partial charge in [0.1, 0.15) is 18.2 Å². The van der Waals surface area contributed by atoms with Crippen molar-refractivity contribution < 1.29 is 18.7 Å². The molecule has 0 bridgehead atoms. The van der Waals surface area contributed by atoms with Gasteiger partial charge in [0.25, 0.3) is 0 Å². The number of nitrogens with zero attached hydrogens (tertiary/aromatic N) is 1. The molecule has 5 heteroatoms. The van der Waals surface area contributed by atoms with Gasteiger partial charge in [0.15, 0.2) is 0 Å². The van der Waals surface area contributed by atoms with Crippen LogP contribution in [-0.2, 0) is 11.3 Å². The van der Waals surface area contributed by atoms with Gasteiger partial charge in [-0.25, -0.2) is 4.39 Å². The van der Waals surface area contributed by atoms with Gasteiger partial charge in [-0.3, -0.25) is 0 Å². The van der Waals surface area contributed by atoms with Gasteiger partial charge in [-0.2, -0.15) is 0 Å². The number of rotatable bonds is 7. The predicted molar refractivity (Wildman–Crippen MR) is 74.0 cm³/mol. The van der Waals surface area contributed by atoms with E-state index >= 15 is 0 Å². The quantitative estimate of drug-likeness (QED) is 0.845. The Balaban J connectivity index is 1.76. The van der Waals surface area contributed by atoms with Crippen LogP contribution in [0.1, 0.15) is 5.76 Å². The molecule has 1 aromatic heterocycles. The van der Waals surface area contributed by atoms with Crippen molar-refractivity contribution >= 4 is 5.69 Å². The van der Waals surface area contributed by atoms with E-state index in [1.807, 2.05) is 0 Å². The molecule has 4 nitrogen and oxygen atoms in total. The molecule has 0 aliphatic carbocycles. The van der Waals surface area contributed by atoms with Crippen LogP contribution in [0, 0.1) is 5.82 Å². The van der Waals surface area contributed by atoms with Crippen LogP contribution in [0.25, 0.3) is 0 Å². The summed E-state index contributed by atoms with van der Waals surface area (Å²) in [6.45, 7) is 0.770. The van der Waals surface area contributed by atoms with Crippen molar-refractivity contribution in [3.8, 4) is 0 Å². The molecule has 1 atom stereocenters. The van der Waals surface area contributed by atoms with E-state index in [-0.39, 0.29) is 12.4 Å². The van der Waals surface area contributed by atoms with Crippen LogP contribution in [0.3, 0.4) is 0 Å². The molecule has 1 unspecified atom stereocenters. The zero-order valence-electron chi connectivity index (χ0n) is 11.3. The highest BCUT2D eigenvalue weighted by Crippen LogP contribution is 2.17. The van der Waals surface area contributed by atoms with Crippen molar-refractivity contribution in [1.29, 1.82) is 0 Å². The molecule has 0 saturated heterocycles. The molecule has 108 valence electrons. The zero-order chi connectivity index (χ0) is 14.4. The summed E-state index contributed by atoms with van der Waals surface area (Å²) < 4.78 is 24.0. The number of aliphatic hydroxyl groups excluding tert-OH is 1. The number of benzene rings is 1. The maximum absolute atomic E-state index is 13.6. The summed E-state index contributed by atoms with van der Waals surface area (Å²) in [6, 6.07) is 10.0. The van der Waals surface area contributed by atoms with Gasteiger partial charge in [-0.1, -0.05) is 12.1 Å². The van der Waals surface area contributed by atoms with E-state index in [2.05, 4.69) is 0 Å². The van der Waals surface area contributed by atoms with Crippen LogP contribution < -0.4 is 4.90 Å². The van der Waals surface area contributed by atoms with Gasteiger partial charge in [0.2, 0.25) is 0 Å². The summed E-state index contributed by atoms with van der Waals surface area (Å²) in [5, 5.41) is 9.88. The molecule has 1 heterocycles. The summed E-state index contributed by atoms with van der Waals surface area (Å²) in [4.78, 5) is 1.66. The highest BCUT2D eigenvalue weighted by molar-refractivity contribution is 5.46. The minimum absolute atomic E-state index is 0.166. The Bertz CT molecular complexity index is 516. The molecular weight excluding hydrogens is 261 g/mol. The lowest BCUT2D eigenvalue weighted by Crippen LogP contribution is -2.32. The first-order valence-corrected chi connectivity index (χ1v) is 6.40. The molecule has 20 heavy (non-hydrogen) atoms. The Morgan fingerprint density at radius 3 is 2.80 bits per heavy atom. The monoisotopic (exact) mass is 279 g/mol. The van der Waals surface area contributed by atoms with Crippen molar-refractivity contribution in [2.75, 3.05) is 25.1 Å². The molecule has 2 rings (SSSR count). The number of hydrogen-bond acceptors (Lipinski definition) is 4. The number of aliphatic hydroxyl groups is 1. The van der Waals surface area contributed by atoms with E-state index in [0.717, 1.165) is 0 Å². The lowest BCUT2D eigenvalue weighted by Gasteiger charge is -2.23. The fourth-order valence-electron chi connectivity index (χ4n) is 1.92. The number of hydrogen-bond donors (Lipinski definition) is 1. The van der Waals surface area contributed by atoms with Crippen LogP contribution >= 0.6 is 0 Å². The molecular formula is C15H18FNO3. The standard InChI is InChI=1S/C15H18FNO3/c1-17(15-7-3-2-6-14(15)16)9-12(18)10-19-11-13-5-4-8-20-13/h2-8,12,18H,9-11H2,1H3. The fraction of sp³-hybridized carbons (Fsp3) is 0.333. The van der Waals surface area contributed by atoms with Crippen LogP contribution in [0.4, 0.5) is 10.1 Å². The van der Waals surface area contributed by atoms with E-state index in [0.29, 0.717) is 24.6 Å². The molecule has 0 aliphatic heterocycles. The first-order valence-electron chi connectivity index (χ1n) is 6.40. The second-order valence-electron chi connectivity index (χ2n) is 4.58. The van der Waals surface area contributed by atoms with Crippen LogP contribution in [0.15, 0.2) is 47.1 Å². The molecule has 0 spiro atoms. The smallest absolute Gasteiger partial charge is 0.146 e. The number of halogens is 1. The summed E-state index contributed by atoms with van der Waals surface area (Å²) in [6.07, 6.45) is 0.871. The molecule has 1 N–H and O–H groups in total. The topological polar surface area (TPSA) is 45.8 Å². The van der Waals surface area contributed by atoms with Gasteiger partial charge >= 0.3 is 0 Å². The van der Waals surface area contributed by atoms with E-state index in [9.17, 15) is 9.50 Å². The van der Waals surface area contributed by atoms with Crippen molar-refractivity contribution in [2.45, 2.75) is 12.7 Å². The molecule has 1 aromatic carbocycles. The lowest BCUT2D eigenvalue weighted by atomic mass is 10.2. The Morgan fingerprint density at radius 1 is 1.30 bits per heavy atom. The zero-order valence-corrected chi connectivity index (χ0v) is 11.3. The first-order chi connectivity index (χ1) is 9.66. The normalized spacial score (nSPS) is 12.3. The second-order valence-corrected chi connectivity index (χ2v) is 4.58. The highest BCUT2D eigenvalue weighted by Gasteiger charge is 2.12. The van der Waals surface area contributed by atoms with Crippen molar-refractivity contribution in [2.24, 2.45) is 0 Å². The number of furan rings is 1. The molecule has 2 aromatic rings. The lowest BCUT2D eigenvalue weighted by molar-refractivity contribution is 0.0260. The molecule has 0 radical (unpaired) electrons. The Hall–Kier alpha value is -1.85. The minimum Gasteiger partial charge on any atom is -0.467 e. The van der Waals surface area contributed by atoms with Gasteiger partial charge in [0.05, 0.1) is 24.7 Å². The fourth-order valence-corrected chi connectivity index (χ4v) is 1.92. The van der Waals surface area contributed by atoms with Crippen LogP contribution in [-0.4, -0.2) is 31.4 Å². The number of para-hydroxylation sites is 1. The Morgan fingerprint density at radius 2 is 2.10 bits per heavy atom. The first kappa shape index (κ1) is 14.6. The van der Waals surface area contributed by atoms with Crippen molar-refractivity contribution in [1.82, 2.24) is 0 Å². The largest absolute Gasteiger partial charge is 0.467 e. The van der Waals surface area contributed by atoms with Gasteiger partial charge < -0.3 is 19.2 Å². The third kappa shape index (κ3) is 4.08. The predicted octanol–water partition coefficient (Wildman–Crippen LogP) is 2.43. The van der Waals surface area contributed by atoms with Gasteiger partial charge in [-0.05, 0) is 24.3 Å². The molecule has 0 saturated carbocycles. The van der Waals surface area contributed by atoms with E-state index in [1.54, 1.807) is 48.5 Å². The highest BCUT2D eigenvalue weighted by atomic mass is 19.1. The van der Waals surface area contributed by atoms with E-state index in [1.165, 1.54) is 6.07 Å². The number of ether oxygens (including phenoxy) is 1. The van der Waals surface area contributed by atoms with Gasteiger partial charge in [-0.15, -0.1) is 0 Å². The molecule has 0 fully saturated rings. The number of anilines is 1. The SMILES string of the molecule is CN(CC(O)COCc1ccco1)c1ccccc1F. The third-order valence-electron chi connectivity index (χ3n) is 2.88. The van der Waals surface area contributed by atoms with Crippen molar-refractivity contribution in [3.63, 3.8) is 0 Å². The van der Waals surface area contributed by atoms with Crippen LogP contribution in [0.5, 0.6) is 0 Å². The maximum atomic E-state index is 13.6. The second kappa shape index (κ2) is 7.07. The Labute approximate surface area is 117 Å². The van der Waals surface area contributed by atoms with Crippen molar-refractivity contribution in [3.05, 3.63) is 54.2 Å². The summed E-state index contributed by atoms with van der Waals surface area (Å²) in [5.41, 5.74) is 0.456. The molecule has 0 aliphatic rings. The van der Waals surface area contributed by atoms with E-state index < -0.39 is 6.10 Å². The average Bonchev–Trinajstić information content (AvgIpc) is 2.92. The minimum atomic E-state index is -0.699. The summed E-state index contributed by atoms with van der Waals surface area (Å²) in [7, 11) is 1.73. The van der Waals surface area contributed by atoms with E-state index in [4.69, 9.17) is 9.15 Å². The van der Waals surface area contributed by atoms with Gasteiger partial charge in [0, 0.05) is 13.6 Å².